The van der Waals surface area contributed by atoms with Gasteiger partial charge in [-0.1, -0.05) is 36.0 Å². The first-order valence-corrected chi connectivity index (χ1v) is 8.70. The molecule has 2 aromatic carbocycles. The van der Waals surface area contributed by atoms with Gasteiger partial charge in [-0.15, -0.1) is 0 Å². The summed E-state index contributed by atoms with van der Waals surface area (Å²) in [7, 11) is 0. The van der Waals surface area contributed by atoms with E-state index in [1.165, 1.54) is 11.8 Å². The first-order valence-electron chi connectivity index (χ1n) is 7.88. The number of nitrogens with one attached hydrogen (secondary N) is 1. The summed E-state index contributed by atoms with van der Waals surface area (Å²) >= 11 is 1.43. The molecule has 2 aromatic rings. The van der Waals surface area contributed by atoms with Gasteiger partial charge >= 0.3 is 0 Å². The first kappa shape index (κ1) is 18.1. The normalized spacial score (nSPS) is 10.2. The molecule has 0 saturated heterocycles. The number of ether oxygens (including phenoxy) is 1. The Morgan fingerprint density at radius 2 is 1.88 bits per heavy atom. The largest absolute Gasteiger partial charge is 0.382 e. The van der Waals surface area contributed by atoms with Crippen LogP contribution < -0.4 is 5.32 Å². The van der Waals surface area contributed by atoms with Gasteiger partial charge in [0, 0.05) is 29.5 Å². The lowest BCUT2D eigenvalue weighted by atomic mass is 10.2. The molecule has 0 fully saturated rings. The number of carbonyl (C=O) groups excluding carboxylic acids is 1. The van der Waals surface area contributed by atoms with Crippen LogP contribution in [-0.2, 0) is 4.74 Å². The van der Waals surface area contributed by atoms with Crippen LogP contribution in [0.2, 0.25) is 0 Å². The number of amides is 1. The highest BCUT2D eigenvalue weighted by Crippen LogP contribution is 2.32. The fraction of sp³-hybridized carbons (Fsp3) is 0.263. The molecule has 0 aliphatic carbocycles. The molecular formula is C19H20N2O2S. The molecule has 0 aliphatic heterocycles. The minimum absolute atomic E-state index is 0.107. The monoisotopic (exact) mass is 340 g/mol. The number of nitriles is 1. The summed E-state index contributed by atoms with van der Waals surface area (Å²) in [6, 6.07) is 17.0. The second-order valence-corrected chi connectivity index (χ2v) is 6.10. The summed E-state index contributed by atoms with van der Waals surface area (Å²) in [4.78, 5) is 14.1. The van der Waals surface area contributed by atoms with Crippen molar-refractivity contribution < 1.29 is 9.53 Å². The topological polar surface area (TPSA) is 62.1 Å². The molecule has 2 rings (SSSR count). The molecule has 24 heavy (non-hydrogen) atoms. The maximum absolute atomic E-state index is 12.4. The Kier molecular flexibility index (Phi) is 7.34. The van der Waals surface area contributed by atoms with Crippen LogP contribution >= 0.6 is 11.8 Å². The SMILES string of the molecule is CCOCCCNC(=O)c1ccccc1Sc1ccccc1C#N. The molecule has 124 valence electrons. The highest BCUT2D eigenvalue weighted by molar-refractivity contribution is 7.99. The van der Waals surface area contributed by atoms with Crippen molar-refractivity contribution in [3.8, 4) is 6.07 Å². The Balaban J connectivity index is 2.07. The van der Waals surface area contributed by atoms with Crippen LogP contribution in [0.4, 0.5) is 0 Å². The van der Waals surface area contributed by atoms with Crippen molar-refractivity contribution in [1.82, 2.24) is 5.32 Å². The van der Waals surface area contributed by atoms with Gasteiger partial charge in [0.2, 0.25) is 0 Å². The standard InChI is InChI=1S/C19H20N2O2S/c1-2-23-13-7-12-21-19(22)16-9-4-6-11-18(16)24-17-10-5-3-8-15(17)14-20/h3-6,8-11H,2,7,12-13H2,1H3,(H,21,22). The molecule has 0 aromatic heterocycles. The number of nitrogens with zero attached hydrogens (tertiary/aromatic N) is 1. The zero-order valence-corrected chi connectivity index (χ0v) is 14.4. The molecule has 0 spiro atoms. The lowest BCUT2D eigenvalue weighted by Gasteiger charge is -2.10. The van der Waals surface area contributed by atoms with E-state index in [2.05, 4.69) is 11.4 Å². The molecular weight excluding hydrogens is 320 g/mol. The molecule has 0 bridgehead atoms. The predicted molar refractivity (Wildman–Crippen MR) is 95.2 cm³/mol. The van der Waals surface area contributed by atoms with Gasteiger partial charge < -0.3 is 10.1 Å². The van der Waals surface area contributed by atoms with E-state index in [1.807, 2.05) is 43.3 Å². The van der Waals surface area contributed by atoms with E-state index in [0.29, 0.717) is 30.9 Å². The lowest BCUT2D eigenvalue weighted by Crippen LogP contribution is -2.25. The molecule has 5 heteroatoms. The molecule has 0 radical (unpaired) electrons. The summed E-state index contributed by atoms with van der Waals surface area (Å²) in [5.74, 6) is -0.107. The Bertz CT molecular complexity index is 725. The van der Waals surface area contributed by atoms with E-state index in [9.17, 15) is 10.1 Å². The summed E-state index contributed by atoms with van der Waals surface area (Å²) in [5, 5.41) is 12.1. The van der Waals surface area contributed by atoms with E-state index < -0.39 is 0 Å². The van der Waals surface area contributed by atoms with Crippen LogP contribution in [0.25, 0.3) is 0 Å². The Labute approximate surface area is 146 Å². The highest BCUT2D eigenvalue weighted by atomic mass is 32.2. The van der Waals surface area contributed by atoms with Crippen LogP contribution in [0, 0.1) is 11.3 Å². The van der Waals surface area contributed by atoms with Crippen molar-refractivity contribution in [3.63, 3.8) is 0 Å². The predicted octanol–water partition coefficient (Wildman–Crippen LogP) is 3.87. The summed E-state index contributed by atoms with van der Waals surface area (Å²) < 4.78 is 5.26. The third kappa shape index (κ3) is 5.12. The van der Waals surface area contributed by atoms with Gasteiger partial charge in [0.15, 0.2) is 0 Å². The van der Waals surface area contributed by atoms with Gasteiger partial charge in [-0.05, 0) is 37.6 Å². The summed E-state index contributed by atoms with van der Waals surface area (Å²) in [5.41, 5.74) is 1.22. The summed E-state index contributed by atoms with van der Waals surface area (Å²) in [6.07, 6.45) is 0.784. The fourth-order valence-corrected chi connectivity index (χ4v) is 3.15. The first-order chi connectivity index (χ1) is 11.8. The van der Waals surface area contributed by atoms with Gasteiger partial charge in [-0.3, -0.25) is 4.79 Å². The molecule has 1 N–H and O–H groups in total. The lowest BCUT2D eigenvalue weighted by molar-refractivity contribution is 0.0941. The molecule has 0 aliphatic rings. The zero-order valence-electron chi connectivity index (χ0n) is 13.6. The maximum Gasteiger partial charge on any atom is 0.252 e. The Hall–Kier alpha value is -2.29. The number of carbonyl (C=O) groups is 1. The molecule has 0 heterocycles. The third-order valence-corrected chi connectivity index (χ3v) is 4.47. The second-order valence-electron chi connectivity index (χ2n) is 5.01. The quantitative estimate of drug-likeness (QED) is 0.741. The maximum atomic E-state index is 12.4. The van der Waals surface area contributed by atoms with Gasteiger partial charge in [-0.25, -0.2) is 0 Å². The van der Waals surface area contributed by atoms with Crippen LogP contribution in [0.5, 0.6) is 0 Å². The number of rotatable bonds is 8. The molecule has 4 nitrogen and oxygen atoms in total. The Morgan fingerprint density at radius 3 is 2.62 bits per heavy atom. The minimum atomic E-state index is -0.107. The van der Waals surface area contributed by atoms with Crippen LogP contribution in [-0.4, -0.2) is 25.7 Å². The summed E-state index contributed by atoms with van der Waals surface area (Å²) in [6.45, 7) is 3.85. The van der Waals surface area contributed by atoms with E-state index >= 15 is 0 Å². The van der Waals surface area contributed by atoms with Crippen molar-refractivity contribution in [1.29, 1.82) is 5.26 Å². The van der Waals surface area contributed by atoms with Crippen LogP contribution in [0.1, 0.15) is 29.3 Å². The molecule has 0 saturated carbocycles. The third-order valence-electron chi connectivity index (χ3n) is 3.31. The van der Waals surface area contributed by atoms with E-state index in [4.69, 9.17) is 4.74 Å². The fourth-order valence-electron chi connectivity index (χ4n) is 2.13. The van der Waals surface area contributed by atoms with Gasteiger partial charge in [0.1, 0.15) is 6.07 Å². The molecule has 1 amide bonds. The highest BCUT2D eigenvalue weighted by Gasteiger charge is 2.13. The van der Waals surface area contributed by atoms with Crippen molar-refractivity contribution in [2.45, 2.75) is 23.1 Å². The van der Waals surface area contributed by atoms with Crippen molar-refractivity contribution in [2.24, 2.45) is 0 Å². The van der Waals surface area contributed by atoms with Crippen molar-refractivity contribution >= 4 is 17.7 Å². The van der Waals surface area contributed by atoms with E-state index in [1.54, 1.807) is 12.1 Å². The average Bonchev–Trinajstić information content (AvgIpc) is 2.62. The van der Waals surface area contributed by atoms with Gasteiger partial charge in [0.05, 0.1) is 11.1 Å². The number of hydrogen-bond acceptors (Lipinski definition) is 4. The van der Waals surface area contributed by atoms with Crippen molar-refractivity contribution in [3.05, 3.63) is 59.7 Å². The Morgan fingerprint density at radius 1 is 1.17 bits per heavy atom. The van der Waals surface area contributed by atoms with E-state index in [0.717, 1.165) is 16.2 Å². The second kappa shape index (κ2) is 9.76. The molecule has 0 atom stereocenters. The van der Waals surface area contributed by atoms with Crippen molar-refractivity contribution in [2.75, 3.05) is 19.8 Å². The minimum Gasteiger partial charge on any atom is -0.382 e. The average molecular weight is 340 g/mol. The van der Waals surface area contributed by atoms with Crippen LogP contribution in [0.3, 0.4) is 0 Å². The smallest absolute Gasteiger partial charge is 0.252 e. The molecule has 0 unspecified atom stereocenters. The van der Waals surface area contributed by atoms with E-state index in [-0.39, 0.29) is 5.91 Å². The van der Waals surface area contributed by atoms with Gasteiger partial charge in [-0.2, -0.15) is 5.26 Å². The zero-order chi connectivity index (χ0) is 17.2. The number of benzene rings is 2. The van der Waals surface area contributed by atoms with Gasteiger partial charge in [0.25, 0.3) is 5.91 Å². The number of hydrogen-bond donors (Lipinski definition) is 1. The van der Waals surface area contributed by atoms with Crippen LogP contribution in [0.15, 0.2) is 58.3 Å².